The third-order valence-electron chi connectivity index (χ3n) is 3.04. The number of esters is 1. The Morgan fingerprint density at radius 2 is 1.92 bits per heavy atom. The number of rotatable bonds is 5. The number of carbonyl (C=O) groups excluding carboxylic acids is 1. The quantitative estimate of drug-likeness (QED) is 0.376. The SMILES string of the molecule is COC(=O)c1ccc(/C=N\NC(=S)Nc2cccc(OC)c2)cc1. The van der Waals surface area contributed by atoms with E-state index in [0.29, 0.717) is 10.7 Å². The van der Waals surface area contributed by atoms with Crippen LogP contribution < -0.4 is 15.5 Å². The molecule has 2 N–H and O–H groups in total. The Hall–Kier alpha value is -2.93. The molecular weight excluding hydrogens is 326 g/mol. The van der Waals surface area contributed by atoms with Gasteiger partial charge in [0, 0.05) is 11.8 Å². The lowest BCUT2D eigenvalue weighted by atomic mass is 10.1. The van der Waals surface area contributed by atoms with E-state index in [1.54, 1.807) is 37.6 Å². The first-order chi connectivity index (χ1) is 11.6. The van der Waals surface area contributed by atoms with E-state index >= 15 is 0 Å². The van der Waals surface area contributed by atoms with Crippen LogP contribution in [0.25, 0.3) is 0 Å². The van der Waals surface area contributed by atoms with E-state index in [2.05, 4.69) is 20.6 Å². The van der Waals surface area contributed by atoms with Crippen molar-refractivity contribution in [1.82, 2.24) is 5.43 Å². The standard InChI is InChI=1S/C17H17N3O3S/c1-22-15-5-3-4-14(10-15)19-17(24)20-18-11-12-6-8-13(9-7-12)16(21)23-2/h3-11H,1-2H3,(H2,19,20,24)/b18-11-. The molecule has 124 valence electrons. The fourth-order valence-corrected chi connectivity index (χ4v) is 2.02. The first kappa shape index (κ1) is 17.4. The molecule has 0 radical (unpaired) electrons. The summed E-state index contributed by atoms with van der Waals surface area (Å²) in [6, 6.07) is 14.2. The van der Waals surface area contributed by atoms with Gasteiger partial charge in [-0.1, -0.05) is 18.2 Å². The molecule has 0 atom stereocenters. The summed E-state index contributed by atoms with van der Waals surface area (Å²) in [6.07, 6.45) is 1.60. The second-order valence-corrected chi connectivity index (χ2v) is 5.08. The predicted octanol–water partition coefficient (Wildman–Crippen LogP) is 2.80. The number of anilines is 1. The number of hydrazone groups is 1. The van der Waals surface area contributed by atoms with Crippen LogP contribution in [0.4, 0.5) is 5.69 Å². The minimum atomic E-state index is -0.375. The summed E-state index contributed by atoms with van der Waals surface area (Å²) in [5.74, 6) is 0.359. The Kier molecular flexibility index (Phi) is 6.27. The second kappa shape index (κ2) is 8.64. The maximum absolute atomic E-state index is 11.3. The minimum absolute atomic E-state index is 0.352. The summed E-state index contributed by atoms with van der Waals surface area (Å²) in [4.78, 5) is 11.3. The topological polar surface area (TPSA) is 72.0 Å². The first-order valence-corrected chi connectivity index (χ1v) is 7.45. The molecule has 2 rings (SSSR count). The molecule has 7 heteroatoms. The fraction of sp³-hybridized carbons (Fsp3) is 0.118. The molecule has 0 heterocycles. The number of nitrogens with one attached hydrogen (secondary N) is 2. The molecule has 0 bridgehead atoms. The highest BCUT2D eigenvalue weighted by molar-refractivity contribution is 7.80. The summed E-state index contributed by atoms with van der Waals surface area (Å²) < 4.78 is 9.79. The van der Waals surface area contributed by atoms with Gasteiger partial charge in [-0.15, -0.1) is 0 Å². The van der Waals surface area contributed by atoms with Crippen LogP contribution in [-0.4, -0.2) is 31.5 Å². The van der Waals surface area contributed by atoms with Crippen LogP contribution in [0.5, 0.6) is 5.75 Å². The zero-order valence-electron chi connectivity index (χ0n) is 13.3. The van der Waals surface area contributed by atoms with Crippen molar-refractivity contribution in [3.8, 4) is 5.75 Å². The molecule has 0 saturated heterocycles. The second-order valence-electron chi connectivity index (χ2n) is 4.67. The largest absolute Gasteiger partial charge is 0.497 e. The highest BCUT2D eigenvalue weighted by Gasteiger charge is 2.03. The van der Waals surface area contributed by atoms with E-state index in [-0.39, 0.29) is 5.97 Å². The van der Waals surface area contributed by atoms with Crippen LogP contribution >= 0.6 is 12.2 Å². The number of benzene rings is 2. The summed E-state index contributed by atoms with van der Waals surface area (Å²) in [7, 11) is 2.95. The molecule has 0 saturated carbocycles. The lowest BCUT2D eigenvalue weighted by Crippen LogP contribution is -2.23. The summed E-state index contributed by atoms with van der Waals surface area (Å²) >= 11 is 5.16. The first-order valence-electron chi connectivity index (χ1n) is 7.05. The van der Waals surface area contributed by atoms with Crippen LogP contribution in [0.2, 0.25) is 0 Å². The monoisotopic (exact) mass is 343 g/mol. The number of nitrogens with zero attached hydrogens (tertiary/aromatic N) is 1. The van der Waals surface area contributed by atoms with Gasteiger partial charge >= 0.3 is 5.97 Å². The van der Waals surface area contributed by atoms with Crippen LogP contribution in [0, 0.1) is 0 Å². The highest BCUT2D eigenvalue weighted by atomic mass is 32.1. The lowest BCUT2D eigenvalue weighted by molar-refractivity contribution is 0.0600. The molecule has 0 aliphatic carbocycles. The normalized spacial score (nSPS) is 10.2. The smallest absolute Gasteiger partial charge is 0.337 e. The van der Waals surface area contributed by atoms with Gasteiger partial charge in [-0.3, -0.25) is 5.43 Å². The Morgan fingerprint density at radius 3 is 2.58 bits per heavy atom. The van der Waals surface area contributed by atoms with Crippen molar-refractivity contribution in [1.29, 1.82) is 0 Å². The lowest BCUT2D eigenvalue weighted by Gasteiger charge is -2.08. The summed E-state index contributed by atoms with van der Waals surface area (Å²) in [5.41, 5.74) is 4.82. The van der Waals surface area contributed by atoms with Gasteiger partial charge in [0.25, 0.3) is 0 Å². The number of methoxy groups -OCH3 is 2. The summed E-state index contributed by atoms with van der Waals surface area (Å²) in [6.45, 7) is 0. The molecule has 24 heavy (non-hydrogen) atoms. The van der Waals surface area contributed by atoms with Crippen molar-refractivity contribution in [3.63, 3.8) is 0 Å². The molecule has 0 aliphatic rings. The average Bonchev–Trinajstić information content (AvgIpc) is 2.61. The zero-order valence-corrected chi connectivity index (χ0v) is 14.1. The van der Waals surface area contributed by atoms with E-state index < -0.39 is 0 Å². The molecule has 6 nitrogen and oxygen atoms in total. The van der Waals surface area contributed by atoms with Gasteiger partial charge in [-0.2, -0.15) is 5.10 Å². The molecule has 0 unspecified atom stereocenters. The molecule has 0 aliphatic heterocycles. The van der Waals surface area contributed by atoms with E-state index in [1.807, 2.05) is 24.3 Å². The van der Waals surface area contributed by atoms with Gasteiger partial charge in [0.05, 0.1) is 26.0 Å². The molecule has 0 fully saturated rings. The van der Waals surface area contributed by atoms with Gasteiger partial charge in [0.2, 0.25) is 0 Å². The van der Waals surface area contributed by atoms with Crippen molar-refractivity contribution in [2.45, 2.75) is 0 Å². The number of carbonyl (C=O) groups is 1. The molecule has 2 aromatic carbocycles. The van der Waals surface area contributed by atoms with Crippen LogP contribution in [0.1, 0.15) is 15.9 Å². The van der Waals surface area contributed by atoms with Gasteiger partial charge < -0.3 is 14.8 Å². The third kappa shape index (κ3) is 5.06. The molecular formula is C17H17N3O3S. The summed E-state index contributed by atoms with van der Waals surface area (Å²) in [5, 5.41) is 7.40. The van der Waals surface area contributed by atoms with E-state index in [1.165, 1.54) is 7.11 Å². The zero-order chi connectivity index (χ0) is 17.4. The average molecular weight is 343 g/mol. The maximum atomic E-state index is 11.3. The number of thiocarbonyl (C=S) groups is 1. The van der Waals surface area contributed by atoms with E-state index in [4.69, 9.17) is 17.0 Å². The fourth-order valence-electron chi connectivity index (χ4n) is 1.85. The van der Waals surface area contributed by atoms with Crippen LogP contribution in [0.15, 0.2) is 53.6 Å². The van der Waals surface area contributed by atoms with Crippen molar-refractivity contribution >= 4 is 35.2 Å². The van der Waals surface area contributed by atoms with Gasteiger partial charge in [-0.25, -0.2) is 4.79 Å². The number of ether oxygens (including phenoxy) is 2. The van der Waals surface area contributed by atoms with Gasteiger partial charge in [0.1, 0.15) is 5.75 Å². The molecule has 0 aromatic heterocycles. The molecule has 0 spiro atoms. The highest BCUT2D eigenvalue weighted by Crippen LogP contribution is 2.16. The minimum Gasteiger partial charge on any atom is -0.497 e. The van der Waals surface area contributed by atoms with Crippen molar-refractivity contribution < 1.29 is 14.3 Å². The number of hydrogen-bond acceptors (Lipinski definition) is 5. The van der Waals surface area contributed by atoms with Gasteiger partial charge in [0.15, 0.2) is 5.11 Å². The predicted molar refractivity (Wildman–Crippen MR) is 97.7 cm³/mol. The van der Waals surface area contributed by atoms with Crippen molar-refractivity contribution in [3.05, 3.63) is 59.7 Å². The van der Waals surface area contributed by atoms with Crippen LogP contribution in [-0.2, 0) is 4.74 Å². The van der Waals surface area contributed by atoms with E-state index in [0.717, 1.165) is 17.0 Å². The Balaban J connectivity index is 1.88. The maximum Gasteiger partial charge on any atom is 0.337 e. The third-order valence-corrected chi connectivity index (χ3v) is 3.23. The van der Waals surface area contributed by atoms with Crippen molar-refractivity contribution in [2.24, 2.45) is 5.10 Å². The number of hydrogen-bond donors (Lipinski definition) is 2. The molecule has 2 aromatic rings. The Morgan fingerprint density at radius 1 is 1.17 bits per heavy atom. The van der Waals surface area contributed by atoms with E-state index in [9.17, 15) is 4.79 Å². The molecule has 0 amide bonds. The Labute approximate surface area is 145 Å². The van der Waals surface area contributed by atoms with Crippen LogP contribution in [0.3, 0.4) is 0 Å². The van der Waals surface area contributed by atoms with Crippen molar-refractivity contribution in [2.75, 3.05) is 19.5 Å². The Bertz CT molecular complexity index is 745. The van der Waals surface area contributed by atoms with Gasteiger partial charge in [-0.05, 0) is 42.0 Å².